The van der Waals surface area contributed by atoms with E-state index in [2.05, 4.69) is 10.3 Å². The molecule has 1 amide bonds. The molecule has 1 aromatic carbocycles. The van der Waals surface area contributed by atoms with E-state index in [9.17, 15) is 13.2 Å². The molecule has 0 aliphatic heterocycles. The highest BCUT2D eigenvalue weighted by atomic mass is 32.2. The van der Waals surface area contributed by atoms with Gasteiger partial charge in [0.15, 0.2) is 15.7 Å². The lowest BCUT2D eigenvalue weighted by Crippen LogP contribution is -2.05. The molecule has 0 saturated heterocycles. The molecule has 0 aliphatic carbocycles. The monoisotopic (exact) mass is 329 g/mol. The number of anilines is 1. The van der Waals surface area contributed by atoms with Crippen molar-refractivity contribution in [1.82, 2.24) is 9.38 Å². The molecule has 3 aromatic rings. The highest BCUT2D eigenvalue weighted by Gasteiger charge is 2.09. The van der Waals surface area contributed by atoms with Gasteiger partial charge in [-0.3, -0.25) is 4.79 Å². The van der Waals surface area contributed by atoms with Crippen molar-refractivity contribution in [3.63, 3.8) is 0 Å². The van der Waals surface area contributed by atoms with Crippen LogP contribution in [0.15, 0.2) is 53.7 Å². The van der Waals surface area contributed by atoms with Crippen molar-refractivity contribution >= 4 is 27.2 Å². The Morgan fingerprint density at radius 1 is 1.13 bits per heavy atom. The number of fused-ring (bicyclic) bond motifs is 1. The number of aromatic nitrogens is 2. The van der Waals surface area contributed by atoms with E-state index in [4.69, 9.17) is 0 Å². The summed E-state index contributed by atoms with van der Waals surface area (Å²) in [5, 5.41) is 2.63. The average Bonchev–Trinajstić information content (AvgIpc) is 2.86. The number of carbonyl (C=O) groups excluding carboxylic acids is 1. The van der Waals surface area contributed by atoms with E-state index in [0.29, 0.717) is 11.5 Å². The van der Waals surface area contributed by atoms with Crippen molar-refractivity contribution in [2.75, 3.05) is 11.6 Å². The molecule has 2 heterocycles. The number of imidazole rings is 1. The van der Waals surface area contributed by atoms with Gasteiger partial charge < -0.3 is 9.72 Å². The largest absolute Gasteiger partial charge is 0.310 e. The molecular weight excluding hydrogens is 314 g/mol. The second kappa shape index (κ2) is 5.51. The van der Waals surface area contributed by atoms with E-state index in [0.717, 1.165) is 11.1 Å². The van der Waals surface area contributed by atoms with E-state index in [1.807, 2.05) is 24.4 Å². The summed E-state index contributed by atoms with van der Waals surface area (Å²) in [7, 11) is -3.25. The Morgan fingerprint density at radius 3 is 2.61 bits per heavy atom. The summed E-state index contributed by atoms with van der Waals surface area (Å²) >= 11 is 0. The number of hydrogen-bond donors (Lipinski definition) is 1. The third-order valence-corrected chi connectivity index (χ3v) is 4.46. The predicted molar refractivity (Wildman–Crippen MR) is 88.0 cm³/mol. The molecule has 6 nitrogen and oxygen atoms in total. The normalized spacial score (nSPS) is 11.6. The topological polar surface area (TPSA) is 80.5 Å². The van der Waals surface area contributed by atoms with Crippen molar-refractivity contribution in [3.8, 4) is 11.1 Å². The summed E-state index contributed by atoms with van der Waals surface area (Å²) in [6.45, 7) is 1.42. The fraction of sp³-hybridized carbons (Fsp3) is 0.125. The Balaban J connectivity index is 2.05. The van der Waals surface area contributed by atoms with E-state index in [1.54, 1.807) is 28.8 Å². The zero-order chi connectivity index (χ0) is 16.6. The molecule has 0 atom stereocenters. The molecule has 0 saturated carbocycles. The number of hydrogen-bond acceptors (Lipinski definition) is 4. The molecule has 7 heteroatoms. The van der Waals surface area contributed by atoms with Crippen molar-refractivity contribution in [3.05, 3.63) is 48.8 Å². The maximum absolute atomic E-state index is 11.7. The molecule has 2 aromatic heterocycles. The molecule has 0 aliphatic rings. The zero-order valence-corrected chi connectivity index (χ0v) is 13.5. The SMILES string of the molecule is CC(=O)Nc1cn2cc(-c3cccc(S(C)(=O)=O)c3)ccc2n1. The zero-order valence-electron chi connectivity index (χ0n) is 12.6. The first-order valence-corrected chi connectivity index (χ1v) is 8.79. The molecule has 0 unspecified atom stereocenters. The first kappa shape index (κ1) is 15.2. The molecular formula is C16H15N3O3S. The number of sulfone groups is 1. The molecule has 0 radical (unpaired) electrons. The molecule has 1 N–H and O–H groups in total. The van der Waals surface area contributed by atoms with Gasteiger partial charge in [-0.2, -0.15) is 0 Å². The van der Waals surface area contributed by atoms with Crippen LogP contribution in [0.3, 0.4) is 0 Å². The summed E-state index contributed by atoms with van der Waals surface area (Å²) in [6, 6.07) is 10.5. The van der Waals surface area contributed by atoms with Gasteiger partial charge in [0.1, 0.15) is 5.65 Å². The van der Waals surface area contributed by atoms with Gasteiger partial charge in [0.2, 0.25) is 5.91 Å². The van der Waals surface area contributed by atoms with Crippen LogP contribution in [0.2, 0.25) is 0 Å². The van der Waals surface area contributed by atoms with Crippen LogP contribution in [-0.4, -0.2) is 30.0 Å². The summed E-state index contributed by atoms with van der Waals surface area (Å²) in [4.78, 5) is 15.6. The maximum Gasteiger partial charge on any atom is 0.222 e. The third-order valence-electron chi connectivity index (χ3n) is 3.35. The maximum atomic E-state index is 11.7. The van der Waals surface area contributed by atoms with Gasteiger partial charge in [0, 0.05) is 19.4 Å². The molecule has 23 heavy (non-hydrogen) atoms. The van der Waals surface area contributed by atoms with Crippen LogP contribution in [-0.2, 0) is 14.6 Å². The van der Waals surface area contributed by atoms with Crippen molar-refractivity contribution < 1.29 is 13.2 Å². The van der Waals surface area contributed by atoms with Crippen LogP contribution in [0.4, 0.5) is 5.82 Å². The lowest BCUT2D eigenvalue weighted by molar-refractivity contribution is -0.114. The number of benzene rings is 1. The van der Waals surface area contributed by atoms with Crippen LogP contribution in [0, 0.1) is 0 Å². The van der Waals surface area contributed by atoms with Gasteiger partial charge in [-0.15, -0.1) is 0 Å². The fourth-order valence-electron chi connectivity index (χ4n) is 2.31. The average molecular weight is 329 g/mol. The smallest absolute Gasteiger partial charge is 0.222 e. The van der Waals surface area contributed by atoms with Crippen molar-refractivity contribution in [1.29, 1.82) is 0 Å². The number of amides is 1. The minimum absolute atomic E-state index is 0.186. The highest BCUT2D eigenvalue weighted by Crippen LogP contribution is 2.23. The number of pyridine rings is 1. The number of carbonyl (C=O) groups is 1. The first-order valence-electron chi connectivity index (χ1n) is 6.90. The minimum atomic E-state index is -3.25. The quantitative estimate of drug-likeness (QED) is 0.800. The summed E-state index contributed by atoms with van der Waals surface area (Å²) in [5.41, 5.74) is 2.34. The second-order valence-electron chi connectivity index (χ2n) is 5.29. The molecule has 118 valence electrons. The van der Waals surface area contributed by atoms with Gasteiger partial charge in [-0.25, -0.2) is 13.4 Å². The minimum Gasteiger partial charge on any atom is -0.310 e. The predicted octanol–water partition coefficient (Wildman–Crippen LogP) is 2.36. The number of nitrogens with zero attached hydrogens (tertiary/aromatic N) is 2. The second-order valence-corrected chi connectivity index (χ2v) is 7.31. The molecule has 0 bridgehead atoms. The number of nitrogens with one attached hydrogen (secondary N) is 1. The van der Waals surface area contributed by atoms with Crippen LogP contribution in [0.25, 0.3) is 16.8 Å². The molecule has 3 rings (SSSR count). The van der Waals surface area contributed by atoms with Gasteiger partial charge in [0.05, 0.1) is 11.1 Å². The Hall–Kier alpha value is -2.67. The van der Waals surface area contributed by atoms with Gasteiger partial charge in [-0.05, 0) is 35.4 Å². The lowest BCUT2D eigenvalue weighted by atomic mass is 10.1. The van der Waals surface area contributed by atoms with Crippen LogP contribution in [0.1, 0.15) is 6.92 Å². The van der Waals surface area contributed by atoms with E-state index >= 15 is 0 Å². The summed E-state index contributed by atoms with van der Waals surface area (Å²) in [5.74, 6) is 0.286. The lowest BCUT2D eigenvalue weighted by Gasteiger charge is -2.05. The molecule has 0 fully saturated rings. The highest BCUT2D eigenvalue weighted by molar-refractivity contribution is 7.90. The number of rotatable bonds is 3. The summed E-state index contributed by atoms with van der Waals surface area (Å²) < 4.78 is 25.1. The Bertz CT molecular complexity index is 1010. The van der Waals surface area contributed by atoms with Gasteiger partial charge >= 0.3 is 0 Å². The van der Waals surface area contributed by atoms with Crippen molar-refractivity contribution in [2.24, 2.45) is 0 Å². The Morgan fingerprint density at radius 2 is 1.91 bits per heavy atom. The van der Waals surface area contributed by atoms with Crippen LogP contribution in [0.5, 0.6) is 0 Å². The third kappa shape index (κ3) is 3.24. The van der Waals surface area contributed by atoms with E-state index in [1.165, 1.54) is 13.2 Å². The van der Waals surface area contributed by atoms with Gasteiger partial charge in [-0.1, -0.05) is 12.1 Å². The summed E-state index contributed by atoms with van der Waals surface area (Å²) in [6.07, 6.45) is 4.74. The van der Waals surface area contributed by atoms with E-state index in [-0.39, 0.29) is 10.8 Å². The molecule has 0 spiro atoms. The first-order chi connectivity index (χ1) is 10.8. The fourth-order valence-corrected chi connectivity index (χ4v) is 2.98. The Labute approximate surface area is 133 Å². The van der Waals surface area contributed by atoms with Gasteiger partial charge in [0.25, 0.3) is 0 Å². The van der Waals surface area contributed by atoms with Crippen LogP contribution >= 0.6 is 0 Å². The van der Waals surface area contributed by atoms with E-state index < -0.39 is 9.84 Å². The Kier molecular flexibility index (Phi) is 3.65. The van der Waals surface area contributed by atoms with Crippen LogP contribution < -0.4 is 5.32 Å². The standard InChI is InChI=1S/C16H15N3O3S/c1-11(20)17-15-10-19-9-13(6-7-16(19)18-15)12-4-3-5-14(8-12)23(2,21)22/h3-10H,1-2H3,(H,17,20). The van der Waals surface area contributed by atoms with Crippen molar-refractivity contribution in [2.45, 2.75) is 11.8 Å².